The number of aromatic nitrogens is 4. The highest BCUT2D eigenvalue weighted by Crippen LogP contribution is 2.31. The Morgan fingerprint density at radius 3 is 2.45 bits per heavy atom. The van der Waals surface area contributed by atoms with Crippen LogP contribution in [0.3, 0.4) is 0 Å². The number of nitrogens with two attached hydrogens (primary N) is 1. The minimum Gasteiger partial charge on any atom is -0.368 e. The maximum atomic E-state index is 13.1. The van der Waals surface area contributed by atoms with Crippen LogP contribution in [-0.4, -0.2) is 19.9 Å². The van der Waals surface area contributed by atoms with Gasteiger partial charge in [0.25, 0.3) is 0 Å². The van der Waals surface area contributed by atoms with Gasteiger partial charge in [-0.3, -0.25) is 0 Å². The largest absolute Gasteiger partial charge is 0.368 e. The van der Waals surface area contributed by atoms with Gasteiger partial charge < -0.3 is 10.7 Å². The molecule has 0 spiro atoms. The lowest BCUT2D eigenvalue weighted by atomic mass is 10.1. The summed E-state index contributed by atoms with van der Waals surface area (Å²) in [4.78, 5) is 16.1. The van der Waals surface area contributed by atoms with Crippen molar-refractivity contribution in [2.45, 2.75) is 19.8 Å². The van der Waals surface area contributed by atoms with Crippen molar-refractivity contribution in [3.05, 3.63) is 48.2 Å². The molecular weight excluding hydrogens is 281 g/mol. The minimum atomic E-state index is -0.281. The van der Waals surface area contributed by atoms with E-state index in [0.717, 1.165) is 22.8 Å². The molecule has 2 heterocycles. The van der Waals surface area contributed by atoms with Crippen molar-refractivity contribution in [1.82, 2.24) is 19.9 Å². The van der Waals surface area contributed by atoms with E-state index in [0.29, 0.717) is 5.69 Å². The molecule has 6 heteroatoms. The summed E-state index contributed by atoms with van der Waals surface area (Å²) < 4.78 is 13.1. The van der Waals surface area contributed by atoms with Gasteiger partial charge in [0.2, 0.25) is 5.95 Å². The smallest absolute Gasteiger partial charge is 0.220 e. The predicted octanol–water partition coefficient (Wildman–Crippen LogP) is 3.38. The fraction of sp³-hybridized carbons (Fsp3) is 0.188. The number of anilines is 1. The summed E-state index contributed by atoms with van der Waals surface area (Å²) in [6, 6.07) is 7.99. The number of benzene rings is 1. The fourth-order valence-electron chi connectivity index (χ4n) is 2.18. The fourth-order valence-corrected chi connectivity index (χ4v) is 2.18. The molecule has 0 bridgehead atoms. The molecule has 0 aliphatic carbocycles. The van der Waals surface area contributed by atoms with E-state index in [1.54, 1.807) is 24.4 Å². The van der Waals surface area contributed by atoms with E-state index in [1.807, 2.05) is 13.8 Å². The maximum Gasteiger partial charge on any atom is 0.220 e. The standard InChI is InChI=1S/C16H16FN5/c1-9(2)15-21-13(10-3-5-11(17)6-4-10)14(22-15)12-7-8-19-16(18)20-12/h3-9H,1-2H3,(H,21,22)(H2,18,19,20). The molecule has 0 saturated carbocycles. The number of hydrogen-bond donors (Lipinski definition) is 2. The van der Waals surface area contributed by atoms with Crippen molar-refractivity contribution in [3.8, 4) is 22.6 Å². The second kappa shape index (κ2) is 5.55. The van der Waals surface area contributed by atoms with E-state index in [1.165, 1.54) is 12.1 Å². The van der Waals surface area contributed by atoms with Crippen LogP contribution in [0.25, 0.3) is 22.6 Å². The van der Waals surface area contributed by atoms with Gasteiger partial charge in [-0.25, -0.2) is 19.3 Å². The van der Waals surface area contributed by atoms with Gasteiger partial charge >= 0.3 is 0 Å². The van der Waals surface area contributed by atoms with Crippen molar-refractivity contribution in [1.29, 1.82) is 0 Å². The topological polar surface area (TPSA) is 80.5 Å². The zero-order valence-corrected chi connectivity index (χ0v) is 12.3. The van der Waals surface area contributed by atoms with Crippen molar-refractivity contribution >= 4 is 5.95 Å². The summed E-state index contributed by atoms with van der Waals surface area (Å²) >= 11 is 0. The van der Waals surface area contributed by atoms with Crippen molar-refractivity contribution in [3.63, 3.8) is 0 Å². The zero-order chi connectivity index (χ0) is 15.7. The van der Waals surface area contributed by atoms with Gasteiger partial charge in [0, 0.05) is 17.7 Å². The van der Waals surface area contributed by atoms with Crippen LogP contribution in [-0.2, 0) is 0 Å². The highest BCUT2D eigenvalue weighted by molar-refractivity contribution is 5.76. The third-order valence-corrected chi connectivity index (χ3v) is 3.32. The van der Waals surface area contributed by atoms with E-state index in [-0.39, 0.29) is 17.7 Å². The minimum absolute atomic E-state index is 0.197. The predicted molar refractivity (Wildman–Crippen MR) is 83.5 cm³/mol. The van der Waals surface area contributed by atoms with Crippen LogP contribution >= 0.6 is 0 Å². The third-order valence-electron chi connectivity index (χ3n) is 3.32. The van der Waals surface area contributed by atoms with Gasteiger partial charge in [0.1, 0.15) is 11.6 Å². The van der Waals surface area contributed by atoms with Crippen LogP contribution < -0.4 is 5.73 Å². The Labute approximate surface area is 127 Å². The van der Waals surface area contributed by atoms with Crippen LogP contribution in [0.2, 0.25) is 0 Å². The second-order valence-electron chi connectivity index (χ2n) is 5.31. The van der Waals surface area contributed by atoms with Gasteiger partial charge in [0.15, 0.2) is 0 Å². The van der Waals surface area contributed by atoms with E-state index < -0.39 is 0 Å². The quantitative estimate of drug-likeness (QED) is 0.776. The number of hydrogen-bond acceptors (Lipinski definition) is 4. The molecule has 3 aromatic rings. The molecule has 0 amide bonds. The lowest BCUT2D eigenvalue weighted by molar-refractivity contribution is 0.628. The Bertz CT molecular complexity index is 793. The van der Waals surface area contributed by atoms with Crippen LogP contribution in [0.15, 0.2) is 36.5 Å². The molecule has 2 aromatic heterocycles. The number of rotatable bonds is 3. The van der Waals surface area contributed by atoms with Crippen molar-refractivity contribution in [2.24, 2.45) is 0 Å². The first kappa shape index (κ1) is 14.2. The monoisotopic (exact) mass is 297 g/mol. The molecule has 112 valence electrons. The summed E-state index contributed by atoms with van der Waals surface area (Å²) in [6.45, 7) is 4.09. The Kier molecular flexibility index (Phi) is 3.58. The Morgan fingerprint density at radius 1 is 1.09 bits per heavy atom. The van der Waals surface area contributed by atoms with E-state index in [2.05, 4.69) is 19.9 Å². The molecule has 0 aliphatic rings. The van der Waals surface area contributed by atoms with E-state index >= 15 is 0 Å². The number of H-pyrrole nitrogens is 1. The van der Waals surface area contributed by atoms with Crippen molar-refractivity contribution in [2.75, 3.05) is 5.73 Å². The van der Waals surface area contributed by atoms with Crippen LogP contribution in [0.5, 0.6) is 0 Å². The number of nitrogens with zero attached hydrogens (tertiary/aromatic N) is 3. The average Bonchev–Trinajstić information content (AvgIpc) is 2.93. The van der Waals surface area contributed by atoms with Crippen molar-refractivity contribution < 1.29 is 4.39 Å². The lowest BCUT2D eigenvalue weighted by Gasteiger charge is -2.03. The zero-order valence-electron chi connectivity index (χ0n) is 12.3. The van der Waals surface area contributed by atoms with Gasteiger partial charge in [-0.1, -0.05) is 13.8 Å². The first-order chi connectivity index (χ1) is 10.5. The lowest BCUT2D eigenvalue weighted by Crippen LogP contribution is -1.96. The normalized spacial score (nSPS) is 11.1. The Balaban J connectivity index is 2.18. The average molecular weight is 297 g/mol. The van der Waals surface area contributed by atoms with Gasteiger partial charge in [-0.2, -0.15) is 0 Å². The first-order valence-electron chi connectivity index (χ1n) is 6.99. The van der Waals surface area contributed by atoms with Gasteiger partial charge in [-0.15, -0.1) is 0 Å². The van der Waals surface area contributed by atoms with E-state index in [4.69, 9.17) is 5.73 Å². The molecule has 1 aromatic carbocycles. The van der Waals surface area contributed by atoms with Crippen LogP contribution in [0.1, 0.15) is 25.6 Å². The third kappa shape index (κ3) is 2.67. The molecule has 5 nitrogen and oxygen atoms in total. The maximum absolute atomic E-state index is 13.1. The molecular formula is C16H16FN5. The Hall–Kier alpha value is -2.76. The summed E-state index contributed by atoms with van der Waals surface area (Å²) in [5.74, 6) is 0.984. The molecule has 3 N–H and O–H groups in total. The highest BCUT2D eigenvalue weighted by atomic mass is 19.1. The summed E-state index contributed by atoms with van der Waals surface area (Å²) in [6.07, 6.45) is 1.60. The number of nitrogen functional groups attached to an aromatic ring is 1. The van der Waals surface area contributed by atoms with Crippen LogP contribution in [0, 0.1) is 5.82 Å². The molecule has 0 radical (unpaired) electrons. The summed E-state index contributed by atoms with van der Waals surface area (Å²) in [7, 11) is 0. The van der Waals surface area contributed by atoms with Gasteiger partial charge in [-0.05, 0) is 30.3 Å². The van der Waals surface area contributed by atoms with E-state index in [9.17, 15) is 4.39 Å². The molecule has 0 fully saturated rings. The number of nitrogens with one attached hydrogen (secondary N) is 1. The molecule has 0 unspecified atom stereocenters. The molecule has 22 heavy (non-hydrogen) atoms. The SMILES string of the molecule is CC(C)c1nc(-c2ccc(F)cc2)c(-c2ccnc(N)n2)[nH]1. The molecule has 0 saturated heterocycles. The number of aromatic amines is 1. The summed E-state index contributed by atoms with van der Waals surface area (Å²) in [5.41, 5.74) is 8.62. The Morgan fingerprint density at radius 2 is 1.82 bits per heavy atom. The van der Waals surface area contributed by atoms with Gasteiger partial charge in [0.05, 0.1) is 17.1 Å². The second-order valence-corrected chi connectivity index (χ2v) is 5.31. The molecule has 3 rings (SSSR count). The van der Waals surface area contributed by atoms with Crippen LogP contribution in [0.4, 0.5) is 10.3 Å². The molecule has 0 atom stereocenters. The molecule has 0 aliphatic heterocycles. The number of imidazole rings is 1. The highest BCUT2D eigenvalue weighted by Gasteiger charge is 2.17. The summed E-state index contributed by atoms with van der Waals surface area (Å²) in [5, 5.41) is 0. The first-order valence-corrected chi connectivity index (χ1v) is 6.99. The number of halogens is 1.